The Kier molecular flexibility index (Phi) is 7.11. The van der Waals surface area contributed by atoms with Gasteiger partial charge < -0.3 is 19.4 Å². The van der Waals surface area contributed by atoms with Crippen LogP contribution in [0.4, 0.5) is 11.5 Å². The molecule has 3 aromatic rings. The number of ether oxygens (including phenoxy) is 1. The molecule has 0 amide bonds. The number of likely N-dealkylation sites (tertiary alicyclic amines) is 1. The van der Waals surface area contributed by atoms with Crippen LogP contribution in [0.25, 0.3) is 10.8 Å². The van der Waals surface area contributed by atoms with Crippen LogP contribution >= 0.6 is 11.6 Å². The smallest absolute Gasteiger partial charge is 0.318 e. The zero-order chi connectivity index (χ0) is 28.1. The average molecular weight is 572 g/mol. The lowest BCUT2D eigenvalue weighted by Crippen LogP contribution is -2.37. The number of ketones is 1. The summed E-state index contributed by atoms with van der Waals surface area (Å²) in [5.41, 5.74) is 3.38. The molecule has 2 aromatic carbocycles. The molecule has 0 radical (unpaired) electrons. The molecule has 1 aromatic heterocycles. The maximum Gasteiger partial charge on any atom is 0.318 e. The number of allylic oxidation sites excluding steroid dienone is 2. The van der Waals surface area contributed by atoms with Crippen molar-refractivity contribution in [3.05, 3.63) is 64.8 Å². The molecule has 4 atom stereocenters. The van der Waals surface area contributed by atoms with Gasteiger partial charge in [-0.05, 0) is 81.6 Å². The Hall–Kier alpha value is -3.16. The Morgan fingerprint density at radius 1 is 1.07 bits per heavy atom. The molecule has 4 aliphatic rings. The van der Waals surface area contributed by atoms with Gasteiger partial charge in [-0.2, -0.15) is 9.97 Å². The predicted molar refractivity (Wildman–Crippen MR) is 164 cm³/mol. The lowest BCUT2D eigenvalue weighted by Gasteiger charge is -2.35. The van der Waals surface area contributed by atoms with Gasteiger partial charge >= 0.3 is 6.01 Å². The minimum absolute atomic E-state index is 0.161. The second-order valence-corrected chi connectivity index (χ2v) is 12.5. The van der Waals surface area contributed by atoms with Crippen LogP contribution in [0.3, 0.4) is 0 Å². The maximum atomic E-state index is 12.7. The number of hydrogen-bond donors (Lipinski definition) is 0. The summed E-state index contributed by atoms with van der Waals surface area (Å²) in [6.07, 6.45) is 7.84. The molecule has 1 saturated carbocycles. The molecule has 3 unspecified atom stereocenters. The highest BCUT2D eigenvalue weighted by Gasteiger charge is 2.56. The van der Waals surface area contributed by atoms with Gasteiger partial charge in [-0.1, -0.05) is 41.9 Å². The summed E-state index contributed by atoms with van der Waals surface area (Å²) in [6.45, 7) is 6.95. The number of halogens is 1. The number of likely N-dealkylation sites (N-methyl/N-ethyl adjacent to an activating group) is 1. The molecule has 0 spiro atoms. The quantitative estimate of drug-likeness (QED) is 0.345. The van der Waals surface area contributed by atoms with E-state index in [0.717, 1.165) is 78.4 Å². The number of fused-ring (bicyclic) bond motifs is 3. The molecule has 214 valence electrons. The van der Waals surface area contributed by atoms with E-state index in [9.17, 15) is 4.79 Å². The Morgan fingerprint density at radius 2 is 1.93 bits per heavy atom. The fourth-order valence-electron chi connectivity index (χ4n) is 7.45. The van der Waals surface area contributed by atoms with Crippen molar-refractivity contribution in [3.63, 3.8) is 0 Å². The SMILES string of the molecule is C/C=C/C(=O)C1C2CCN(c3nc(OC[C@@H]4CCCN4C)nc4c3CCN(c3cccc5cccc(Cl)c35)C4)CC21. The van der Waals surface area contributed by atoms with E-state index >= 15 is 0 Å². The van der Waals surface area contributed by atoms with Gasteiger partial charge in [-0.3, -0.25) is 4.79 Å². The van der Waals surface area contributed by atoms with Gasteiger partial charge in [0.05, 0.1) is 17.3 Å². The standard InChI is InChI=1S/C33H38ClN5O2/c1-3-7-29(40)31-23-13-17-39(18-25(23)31)32-24-14-16-38(28-12-5-9-21-8-4-11-26(34)30(21)28)19-27(24)35-33(36-32)41-20-22-10-6-15-37(22)2/h3-5,7-9,11-12,22-23,25,31H,6,10,13-20H2,1-2H3/b7-3+/t22-,23?,25?,31?/m0/s1. The van der Waals surface area contributed by atoms with Crippen LogP contribution in [0.1, 0.15) is 37.4 Å². The summed E-state index contributed by atoms with van der Waals surface area (Å²) in [5, 5.41) is 3.00. The first-order chi connectivity index (χ1) is 20.0. The summed E-state index contributed by atoms with van der Waals surface area (Å²) in [6, 6.07) is 13.3. The molecule has 0 N–H and O–H groups in total. The summed E-state index contributed by atoms with van der Waals surface area (Å²) in [4.78, 5) is 29.9. The highest BCUT2D eigenvalue weighted by atomic mass is 35.5. The molecular weight excluding hydrogens is 534 g/mol. The van der Waals surface area contributed by atoms with Crippen molar-refractivity contribution in [3.8, 4) is 6.01 Å². The third-order valence-corrected chi connectivity index (χ3v) is 10.0. The van der Waals surface area contributed by atoms with E-state index in [1.165, 1.54) is 12.0 Å². The highest BCUT2D eigenvalue weighted by Crippen LogP contribution is 2.53. The van der Waals surface area contributed by atoms with Crippen LogP contribution < -0.4 is 14.5 Å². The molecule has 3 fully saturated rings. The van der Waals surface area contributed by atoms with Crippen LogP contribution in [0.2, 0.25) is 5.02 Å². The van der Waals surface area contributed by atoms with E-state index in [-0.39, 0.29) is 11.7 Å². The van der Waals surface area contributed by atoms with Crippen LogP contribution in [0.5, 0.6) is 6.01 Å². The third kappa shape index (κ3) is 4.97. The normalized spacial score (nSPS) is 25.9. The van der Waals surface area contributed by atoms with Crippen molar-refractivity contribution < 1.29 is 9.53 Å². The number of piperidine rings is 1. The minimum Gasteiger partial charge on any atom is -0.462 e. The van der Waals surface area contributed by atoms with E-state index in [2.05, 4.69) is 46.0 Å². The average Bonchev–Trinajstić information content (AvgIpc) is 3.57. The van der Waals surface area contributed by atoms with Crippen molar-refractivity contribution >= 4 is 39.7 Å². The number of aromatic nitrogens is 2. The number of benzene rings is 2. The van der Waals surface area contributed by atoms with E-state index in [1.54, 1.807) is 6.08 Å². The van der Waals surface area contributed by atoms with Crippen LogP contribution in [-0.2, 0) is 17.8 Å². The van der Waals surface area contributed by atoms with Gasteiger partial charge in [0.1, 0.15) is 12.4 Å². The number of anilines is 2. The topological polar surface area (TPSA) is 61.8 Å². The number of hydrogen-bond acceptors (Lipinski definition) is 7. The van der Waals surface area contributed by atoms with Crippen LogP contribution in [-0.4, -0.2) is 66.5 Å². The van der Waals surface area contributed by atoms with Crippen LogP contribution in [0.15, 0.2) is 48.6 Å². The summed E-state index contributed by atoms with van der Waals surface area (Å²) in [7, 11) is 2.17. The van der Waals surface area contributed by atoms with Crippen molar-refractivity contribution in [2.75, 3.05) is 49.6 Å². The maximum absolute atomic E-state index is 12.7. The molecule has 8 heteroatoms. The minimum atomic E-state index is 0.161. The number of rotatable bonds is 7. The van der Waals surface area contributed by atoms with Gasteiger partial charge in [0.15, 0.2) is 5.78 Å². The van der Waals surface area contributed by atoms with Crippen molar-refractivity contribution in [1.82, 2.24) is 14.9 Å². The Labute approximate surface area is 247 Å². The Morgan fingerprint density at radius 3 is 2.73 bits per heavy atom. The fraction of sp³-hybridized carbons (Fsp3) is 0.485. The Balaban J connectivity index is 1.20. The van der Waals surface area contributed by atoms with Gasteiger partial charge in [-0.15, -0.1) is 0 Å². The second-order valence-electron chi connectivity index (χ2n) is 12.1. The molecule has 41 heavy (non-hydrogen) atoms. The monoisotopic (exact) mass is 571 g/mol. The number of nitrogens with zero attached hydrogens (tertiary/aromatic N) is 5. The molecular formula is C33H38ClN5O2. The zero-order valence-corrected chi connectivity index (χ0v) is 24.7. The van der Waals surface area contributed by atoms with E-state index in [0.29, 0.717) is 37.0 Å². The van der Waals surface area contributed by atoms with Crippen LogP contribution in [0, 0.1) is 17.8 Å². The molecule has 4 heterocycles. The largest absolute Gasteiger partial charge is 0.462 e. The molecule has 0 bridgehead atoms. The first-order valence-electron chi connectivity index (χ1n) is 15.1. The second kappa shape index (κ2) is 10.9. The first-order valence-corrected chi connectivity index (χ1v) is 15.5. The predicted octanol–water partition coefficient (Wildman–Crippen LogP) is 5.54. The fourth-order valence-corrected chi connectivity index (χ4v) is 7.73. The third-order valence-electron chi connectivity index (χ3n) is 9.73. The summed E-state index contributed by atoms with van der Waals surface area (Å²) < 4.78 is 6.32. The van der Waals surface area contributed by atoms with E-state index in [1.807, 2.05) is 25.1 Å². The van der Waals surface area contributed by atoms with Crippen molar-refractivity contribution in [2.45, 2.75) is 45.2 Å². The highest BCUT2D eigenvalue weighted by molar-refractivity contribution is 6.36. The van der Waals surface area contributed by atoms with Gasteiger partial charge in [0, 0.05) is 48.2 Å². The van der Waals surface area contributed by atoms with Crippen molar-refractivity contribution in [2.24, 2.45) is 17.8 Å². The lowest BCUT2D eigenvalue weighted by atomic mass is 10.0. The molecule has 7 nitrogen and oxygen atoms in total. The molecule has 7 rings (SSSR count). The lowest BCUT2D eigenvalue weighted by molar-refractivity contribution is -0.116. The zero-order valence-electron chi connectivity index (χ0n) is 23.9. The van der Waals surface area contributed by atoms with Crippen molar-refractivity contribution in [1.29, 1.82) is 0 Å². The molecule has 2 saturated heterocycles. The van der Waals surface area contributed by atoms with Gasteiger partial charge in [0.2, 0.25) is 0 Å². The van der Waals surface area contributed by atoms with Gasteiger partial charge in [-0.25, -0.2) is 0 Å². The van der Waals surface area contributed by atoms with E-state index in [4.69, 9.17) is 26.3 Å². The van der Waals surface area contributed by atoms with Gasteiger partial charge in [0.25, 0.3) is 0 Å². The van der Waals surface area contributed by atoms with E-state index < -0.39 is 0 Å². The number of carbonyl (C=O) groups is 1. The molecule has 3 aliphatic heterocycles. The number of carbonyl (C=O) groups excluding carboxylic acids is 1. The summed E-state index contributed by atoms with van der Waals surface area (Å²) in [5.74, 6) is 2.36. The molecule has 1 aliphatic carbocycles. The first kappa shape index (κ1) is 26.7. The Bertz CT molecular complexity index is 1500. The summed E-state index contributed by atoms with van der Waals surface area (Å²) >= 11 is 6.71.